The van der Waals surface area contributed by atoms with Crippen molar-refractivity contribution in [1.29, 1.82) is 5.26 Å². The van der Waals surface area contributed by atoms with Gasteiger partial charge in [-0.25, -0.2) is 13.8 Å². The van der Waals surface area contributed by atoms with Crippen molar-refractivity contribution in [2.75, 3.05) is 58.0 Å². The highest BCUT2D eigenvalue weighted by Crippen LogP contribution is 2.52. The van der Waals surface area contributed by atoms with Gasteiger partial charge in [0.05, 0.1) is 50.5 Å². The van der Waals surface area contributed by atoms with Crippen molar-refractivity contribution in [3.05, 3.63) is 41.5 Å². The highest BCUT2D eigenvalue weighted by Gasteiger charge is 2.52. The van der Waals surface area contributed by atoms with Crippen LogP contribution in [0, 0.1) is 46.1 Å². The minimum atomic E-state index is -1.26. The molecular formula is C40H42F2N6O5. The molecule has 2 aromatic heterocycles. The van der Waals surface area contributed by atoms with E-state index in [1.165, 1.54) is 31.4 Å². The maximum atomic E-state index is 17.3. The molecule has 0 spiro atoms. The Morgan fingerprint density at radius 2 is 1.91 bits per heavy atom. The van der Waals surface area contributed by atoms with Gasteiger partial charge in [0.1, 0.15) is 39.6 Å². The molecule has 3 unspecified atom stereocenters. The van der Waals surface area contributed by atoms with Gasteiger partial charge in [0.15, 0.2) is 5.82 Å². The maximum Gasteiger partial charge on any atom is 0.319 e. The second-order valence-electron chi connectivity index (χ2n) is 15.5. The van der Waals surface area contributed by atoms with Gasteiger partial charge < -0.3 is 29.3 Å². The molecule has 2 saturated heterocycles. The fraction of sp³-hybridized carbons (Fsp3) is 0.500. The topological polar surface area (TPSA) is 137 Å². The Labute approximate surface area is 306 Å². The SMILES string of the molecule is C#Cc1c(F)ccc2cc(O)cc(-c3nc(OC)c4c(N5CCOCC(C)(O)C5)nc(OCC56CCCC5N(CC5(C#N)CC5)CCC6)nc4c3F)c12. The van der Waals surface area contributed by atoms with Crippen LogP contribution in [0.2, 0.25) is 0 Å². The highest BCUT2D eigenvalue weighted by atomic mass is 19.1. The molecule has 0 amide bonds. The molecule has 11 nitrogen and oxygen atoms in total. The number of β-amino-alcohol motifs (C(OH)–C–C–N with tert-alkyl or cyclic N) is 1. The van der Waals surface area contributed by atoms with Gasteiger partial charge in [0, 0.05) is 35.5 Å². The van der Waals surface area contributed by atoms with Crippen molar-refractivity contribution >= 4 is 27.5 Å². The largest absolute Gasteiger partial charge is 0.508 e. The quantitative estimate of drug-likeness (QED) is 0.216. The predicted molar refractivity (Wildman–Crippen MR) is 194 cm³/mol. The summed E-state index contributed by atoms with van der Waals surface area (Å²) in [5.41, 5.74) is -2.17. The number of likely N-dealkylation sites (tertiary alicyclic amines) is 1. The number of nitriles is 1. The van der Waals surface area contributed by atoms with Crippen LogP contribution in [0.15, 0.2) is 24.3 Å². The average molecular weight is 725 g/mol. The molecule has 13 heteroatoms. The van der Waals surface area contributed by atoms with Gasteiger partial charge in [-0.2, -0.15) is 15.2 Å². The summed E-state index contributed by atoms with van der Waals surface area (Å²) < 4.78 is 50.3. The molecule has 2 aliphatic carbocycles. The first kappa shape index (κ1) is 35.2. The second kappa shape index (κ2) is 13.2. The van der Waals surface area contributed by atoms with Gasteiger partial charge in [-0.05, 0) is 75.6 Å². The second-order valence-corrected chi connectivity index (χ2v) is 15.5. The molecule has 4 heterocycles. The number of piperidine rings is 1. The Balaban J connectivity index is 1.27. The van der Waals surface area contributed by atoms with E-state index < -0.39 is 17.2 Å². The number of methoxy groups -OCH3 is 1. The number of benzene rings is 2. The molecule has 4 aromatic rings. The molecule has 276 valence electrons. The molecule has 4 aliphatic rings. The molecule has 2 aliphatic heterocycles. The van der Waals surface area contributed by atoms with Crippen molar-refractivity contribution in [3.63, 3.8) is 0 Å². The number of hydrogen-bond donors (Lipinski definition) is 2. The number of pyridine rings is 1. The Hall–Kier alpha value is -4.82. The monoisotopic (exact) mass is 724 g/mol. The van der Waals surface area contributed by atoms with Crippen LogP contribution in [0.1, 0.15) is 57.4 Å². The van der Waals surface area contributed by atoms with Crippen molar-refractivity contribution < 1.29 is 33.2 Å². The zero-order chi connectivity index (χ0) is 37.1. The van der Waals surface area contributed by atoms with E-state index in [0.717, 1.165) is 58.0 Å². The van der Waals surface area contributed by atoms with Crippen LogP contribution >= 0.6 is 0 Å². The summed E-state index contributed by atoms with van der Waals surface area (Å²) in [4.78, 5) is 18.4. The minimum absolute atomic E-state index is 0.0261. The first-order chi connectivity index (χ1) is 25.5. The zero-order valence-corrected chi connectivity index (χ0v) is 29.9. The van der Waals surface area contributed by atoms with Gasteiger partial charge >= 0.3 is 6.01 Å². The maximum absolute atomic E-state index is 17.3. The summed E-state index contributed by atoms with van der Waals surface area (Å²) in [5.74, 6) is 0.838. The minimum Gasteiger partial charge on any atom is -0.508 e. The van der Waals surface area contributed by atoms with E-state index in [0.29, 0.717) is 18.5 Å². The van der Waals surface area contributed by atoms with E-state index in [1.807, 2.05) is 0 Å². The molecular weight excluding hydrogens is 682 g/mol. The van der Waals surface area contributed by atoms with Gasteiger partial charge in [0.2, 0.25) is 5.88 Å². The summed E-state index contributed by atoms with van der Waals surface area (Å²) in [6, 6.07) is 8.10. The Morgan fingerprint density at radius 1 is 1.09 bits per heavy atom. The third-order valence-corrected chi connectivity index (χ3v) is 11.6. The number of fused-ring (bicyclic) bond motifs is 3. The lowest BCUT2D eigenvalue weighted by atomic mass is 9.75. The summed E-state index contributed by atoms with van der Waals surface area (Å²) >= 11 is 0. The Morgan fingerprint density at radius 3 is 2.66 bits per heavy atom. The van der Waals surface area contributed by atoms with Crippen molar-refractivity contribution in [1.82, 2.24) is 19.9 Å². The number of anilines is 1. The fourth-order valence-corrected chi connectivity index (χ4v) is 8.91. The number of nitrogens with zero attached hydrogens (tertiary/aromatic N) is 6. The number of aliphatic hydroxyl groups is 1. The van der Waals surface area contributed by atoms with Crippen LogP contribution in [0.4, 0.5) is 14.6 Å². The average Bonchev–Trinajstić information content (AvgIpc) is 3.83. The summed E-state index contributed by atoms with van der Waals surface area (Å²) in [6.45, 7) is 4.45. The van der Waals surface area contributed by atoms with Crippen LogP contribution in [-0.2, 0) is 4.74 Å². The lowest BCUT2D eigenvalue weighted by Crippen LogP contribution is -2.53. The number of aromatic nitrogens is 3. The number of aromatic hydroxyl groups is 1. The van der Waals surface area contributed by atoms with Crippen LogP contribution < -0.4 is 14.4 Å². The number of rotatable bonds is 8. The van der Waals surface area contributed by atoms with Crippen molar-refractivity contribution in [3.8, 4) is 47.3 Å². The molecule has 2 saturated carbocycles. The van der Waals surface area contributed by atoms with E-state index in [2.05, 4.69) is 26.9 Å². The van der Waals surface area contributed by atoms with Crippen molar-refractivity contribution in [2.24, 2.45) is 10.8 Å². The third kappa shape index (κ3) is 6.25. The molecule has 8 rings (SSSR count). The van der Waals surface area contributed by atoms with E-state index in [-0.39, 0.29) is 93.2 Å². The molecule has 0 radical (unpaired) electrons. The van der Waals surface area contributed by atoms with E-state index in [4.69, 9.17) is 25.6 Å². The smallest absolute Gasteiger partial charge is 0.319 e. The standard InChI is InChI=1S/C40H42F2N6O5/c1-4-26-28(41)9-8-24-17-25(49)18-27(30(24)26)33-32(42)34-31(36(44-33)51-3)35(48-15-16-52-22-38(2,50)20-48)46-37(45-34)53-23-40-10-5-7-29(40)47(14-6-11-40)21-39(19-43)12-13-39/h1,8-9,17-18,29,49-50H,5-7,10-16,20-23H2,2-3H3. The lowest BCUT2D eigenvalue weighted by Gasteiger charge is -2.46. The number of phenolic OH excluding ortho intramolecular Hbond substituents is 1. The van der Waals surface area contributed by atoms with Gasteiger partial charge in [-0.3, -0.25) is 4.90 Å². The molecule has 2 aromatic carbocycles. The molecule has 4 fully saturated rings. The Bertz CT molecular complexity index is 2200. The number of hydrogen-bond acceptors (Lipinski definition) is 11. The van der Waals surface area contributed by atoms with Crippen LogP contribution in [0.25, 0.3) is 32.9 Å². The normalized spacial score (nSPS) is 25.4. The predicted octanol–water partition coefficient (Wildman–Crippen LogP) is 5.72. The van der Waals surface area contributed by atoms with Crippen LogP contribution in [0.3, 0.4) is 0 Å². The zero-order valence-electron chi connectivity index (χ0n) is 29.9. The van der Waals surface area contributed by atoms with E-state index in [1.54, 1.807) is 11.8 Å². The summed E-state index contributed by atoms with van der Waals surface area (Å²) in [5, 5.41) is 32.4. The number of ether oxygens (including phenoxy) is 3. The summed E-state index contributed by atoms with van der Waals surface area (Å²) in [6.07, 6.45) is 12.5. The van der Waals surface area contributed by atoms with E-state index >= 15 is 8.78 Å². The fourth-order valence-electron chi connectivity index (χ4n) is 8.91. The van der Waals surface area contributed by atoms with Gasteiger partial charge in [-0.1, -0.05) is 18.4 Å². The third-order valence-electron chi connectivity index (χ3n) is 11.6. The number of phenols is 1. The van der Waals surface area contributed by atoms with Gasteiger partial charge in [0.25, 0.3) is 0 Å². The molecule has 3 atom stereocenters. The first-order valence-electron chi connectivity index (χ1n) is 18.2. The molecule has 0 bridgehead atoms. The summed E-state index contributed by atoms with van der Waals surface area (Å²) in [7, 11) is 1.39. The Kier molecular flexibility index (Phi) is 8.80. The van der Waals surface area contributed by atoms with Crippen LogP contribution in [0.5, 0.6) is 17.6 Å². The van der Waals surface area contributed by atoms with E-state index in [9.17, 15) is 15.5 Å². The van der Waals surface area contributed by atoms with Crippen molar-refractivity contribution in [2.45, 2.75) is 63.5 Å². The van der Waals surface area contributed by atoms with Crippen LogP contribution in [-0.4, -0.2) is 94.8 Å². The lowest BCUT2D eigenvalue weighted by molar-refractivity contribution is -0.0123. The highest BCUT2D eigenvalue weighted by molar-refractivity contribution is 6.04. The number of halogens is 2. The number of terminal acetylenes is 1. The molecule has 2 N–H and O–H groups in total. The molecule has 53 heavy (non-hydrogen) atoms. The first-order valence-corrected chi connectivity index (χ1v) is 18.2. The van der Waals surface area contributed by atoms with Gasteiger partial charge in [-0.15, -0.1) is 6.42 Å².